The van der Waals surface area contributed by atoms with Crippen molar-refractivity contribution in [2.24, 2.45) is 0 Å². The summed E-state index contributed by atoms with van der Waals surface area (Å²) in [5, 5.41) is 1.58. The van der Waals surface area contributed by atoms with Crippen LogP contribution in [0.3, 0.4) is 0 Å². The molecule has 0 saturated carbocycles. The number of hydrogen-bond acceptors (Lipinski definition) is 5. The van der Waals surface area contributed by atoms with Crippen LogP contribution >= 0.6 is 11.8 Å². The lowest BCUT2D eigenvalue weighted by molar-refractivity contribution is 0.307. The van der Waals surface area contributed by atoms with Crippen LogP contribution in [0.2, 0.25) is 0 Å². The monoisotopic (exact) mass is 300 g/mol. The van der Waals surface area contributed by atoms with Gasteiger partial charge in [-0.25, -0.2) is 9.97 Å². The van der Waals surface area contributed by atoms with Crippen LogP contribution in [0, 0.1) is 0 Å². The number of nitrogens with one attached hydrogen (secondary N) is 1. The molecule has 5 nitrogen and oxygen atoms in total. The minimum atomic E-state index is 0.677. The predicted octanol–water partition coefficient (Wildman–Crippen LogP) is 3.48. The van der Waals surface area contributed by atoms with E-state index >= 15 is 0 Å². The highest BCUT2D eigenvalue weighted by atomic mass is 32.2. The average molecular weight is 300 g/mol. The molecule has 0 saturated heterocycles. The number of benzene rings is 1. The Kier molecular flexibility index (Phi) is 3.96. The third-order valence-corrected chi connectivity index (χ3v) is 3.76. The Bertz CT molecular complexity index is 756. The van der Waals surface area contributed by atoms with Gasteiger partial charge >= 0.3 is 0 Å². The molecule has 0 fully saturated rings. The van der Waals surface area contributed by atoms with E-state index in [-0.39, 0.29) is 0 Å². The molecule has 3 N–H and O–H groups in total. The highest BCUT2D eigenvalue weighted by Gasteiger charge is 2.10. The maximum atomic E-state index is 5.78. The first-order chi connectivity index (χ1) is 10.3. The Morgan fingerprint density at radius 2 is 2.24 bits per heavy atom. The molecule has 3 rings (SSSR count). The van der Waals surface area contributed by atoms with Crippen LogP contribution in [0.1, 0.15) is 13.3 Å². The van der Waals surface area contributed by atoms with Crippen LogP contribution in [-0.2, 0) is 0 Å². The van der Waals surface area contributed by atoms with E-state index < -0.39 is 0 Å². The number of fused-ring (bicyclic) bond motifs is 1. The summed E-state index contributed by atoms with van der Waals surface area (Å²) >= 11 is 1.45. The van der Waals surface area contributed by atoms with E-state index in [9.17, 15) is 0 Å². The molecule has 0 spiro atoms. The number of rotatable bonds is 5. The lowest BCUT2D eigenvalue weighted by Crippen LogP contribution is -1.97. The van der Waals surface area contributed by atoms with Crippen molar-refractivity contribution in [3.05, 3.63) is 36.5 Å². The summed E-state index contributed by atoms with van der Waals surface area (Å²) < 4.78 is 5.71. The Hall–Kier alpha value is -2.21. The second-order valence-electron chi connectivity index (χ2n) is 4.58. The first kappa shape index (κ1) is 13.8. The maximum absolute atomic E-state index is 5.78. The van der Waals surface area contributed by atoms with Crippen LogP contribution in [0.4, 0.5) is 5.69 Å². The van der Waals surface area contributed by atoms with Gasteiger partial charge in [-0.1, -0.05) is 6.92 Å². The van der Waals surface area contributed by atoms with Gasteiger partial charge in [0.05, 0.1) is 17.6 Å². The van der Waals surface area contributed by atoms with Crippen LogP contribution in [-0.4, -0.2) is 21.6 Å². The van der Waals surface area contributed by atoms with Gasteiger partial charge in [-0.15, -0.1) is 0 Å². The molecule has 0 bridgehead atoms. The molecule has 0 aliphatic carbocycles. The lowest BCUT2D eigenvalue weighted by Gasteiger charge is -2.07. The summed E-state index contributed by atoms with van der Waals surface area (Å²) in [5.74, 6) is 0.782. The van der Waals surface area contributed by atoms with Crippen molar-refractivity contribution in [3.8, 4) is 5.75 Å². The minimum absolute atomic E-state index is 0.677. The molecule has 0 unspecified atom stereocenters. The average Bonchev–Trinajstić information content (AvgIpc) is 2.87. The Morgan fingerprint density at radius 1 is 1.33 bits per heavy atom. The van der Waals surface area contributed by atoms with Crippen molar-refractivity contribution in [1.29, 1.82) is 0 Å². The number of H-pyrrole nitrogens is 1. The van der Waals surface area contributed by atoms with Gasteiger partial charge in [-0.3, -0.25) is 0 Å². The van der Waals surface area contributed by atoms with Crippen LogP contribution < -0.4 is 10.5 Å². The highest BCUT2D eigenvalue weighted by molar-refractivity contribution is 7.99. The zero-order valence-electron chi connectivity index (χ0n) is 11.7. The first-order valence-corrected chi connectivity index (χ1v) is 7.59. The smallest absolute Gasteiger partial charge is 0.172 e. The number of nitrogens with two attached hydrogens (primary N) is 1. The molecular weight excluding hydrogens is 284 g/mol. The minimum Gasteiger partial charge on any atom is -0.491 e. The summed E-state index contributed by atoms with van der Waals surface area (Å²) in [6.07, 6.45) is 2.71. The normalized spacial score (nSPS) is 10.9. The maximum Gasteiger partial charge on any atom is 0.172 e. The standard InChI is InChI=1S/C15H16N4OS/c1-2-8-20-13-4-3-7-17-14(13)21-15-18-11-6-5-10(16)9-12(11)19-15/h3-7,9H,2,8,16H2,1H3,(H,18,19). The summed E-state index contributed by atoms with van der Waals surface area (Å²) in [7, 11) is 0. The van der Waals surface area contributed by atoms with Crippen LogP contribution in [0.15, 0.2) is 46.7 Å². The predicted molar refractivity (Wildman–Crippen MR) is 84.7 cm³/mol. The summed E-state index contributed by atoms with van der Waals surface area (Å²) in [4.78, 5) is 12.1. The van der Waals surface area contributed by atoms with Crippen LogP contribution in [0.25, 0.3) is 11.0 Å². The van der Waals surface area contributed by atoms with E-state index in [4.69, 9.17) is 10.5 Å². The molecule has 0 aliphatic heterocycles. The van der Waals surface area contributed by atoms with Gasteiger partial charge in [0.2, 0.25) is 0 Å². The molecule has 0 amide bonds. The van der Waals surface area contributed by atoms with E-state index in [1.165, 1.54) is 11.8 Å². The fraction of sp³-hybridized carbons (Fsp3) is 0.200. The van der Waals surface area contributed by atoms with Crippen molar-refractivity contribution in [2.75, 3.05) is 12.3 Å². The molecule has 0 atom stereocenters. The Labute approximate surface area is 126 Å². The number of nitrogen functional groups attached to an aromatic ring is 1. The third kappa shape index (κ3) is 3.11. The van der Waals surface area contributed by atoms with Crippen molar-refractivity contribution in [3.63, 3.8) is 0 Å². The number of hydrogen-bond donors (Lipinski definition) is 2. The SMILES string of the molecule is CCCOc1cccnc1Sc1nc2ccc(N)cc2[nH]1. The van der Waals surface area contributed by atoms with E-state index in [0.29, 0.717) is 12.3 Å². The molecule has 6 heteroatoms. The van der Waals surface area contributed by atoms with Gasteiger partial charge in [0.15, 0.2) is 10.9 Å². The van der Waals surface area contributed by atoms with Gasteiger partial charge in [0.25, 0.3) is 0 Å². The quantitative estimate of drug-likeness (QED) is 0.705. The topological polar surface area (TPSA) is 76.8 Å². The molecular formula is C15H16N4OS. The highest BCUT2D eigenvalue weighted by Crippen LogP contribution is 2.32. The number of ether oxygens (including phenoxy) is 1. The molecule has 2 heterocycles. The summed E-state index contributed by atoms with van der Waals surface area (Å²) in [5.41, 5.74) is 8.30. The van der Waals surface area contributed by atoms with Crippen molar-refractivity contribution in [1.82, 2.24) is 15.0 Å². The number of aromatic nitrogens is 3. The third-order valence-electron chi connectivity index (χ3n) is 2.88. The largest absolute Gasteiger partial charge is 0.491 e. The van der Waals surface area contributed by atoms with E-state index in [0.717, 1.165) is 33.4 Å². The first-order valence-electron chi connectivity index (χ1n) is 6.77. The van der Waals surface area contributed by atoms with Crippen molar-refractivity contribution in [2.45, 2.75) is 23.5 Å². The number of aromatic amines is 1. The Morgan fingerprint density at radius 3 is 3.10 bits per heavy atom. The zero-order valence-corrected chi connectivity index (χ0v) is 12.5. The fourth-order valence-electron chi connectivity index (χ4n) is 1.92. The van der Waals surface area contributed by atoms with E-state index in [2.05, 4.69) is 21.9 Å². The molecule has 0 radical (unpaired) electrons. The molecule has 21 heavy (non-hydrogen) atoms. The van der Waals surface area contributed by atoms with Gasteiger partial charge in [-0.05, 0) is 48.5 Å². The van der Waals surface area contributed by atoms with Gasteiger partial charge in [0.1, 0.15) is 5.03 Å². The van der Waals surface area contributed by atoms with Crippen molar-refractivity contribution < 1.29 is 4.74 Å². The van der Waals surface area contributed by atoms with Crippen molar-refractivity contribution >= 4 is 28.5 Å². The fourth-order valence-corrected chi connectivity index (χ4v) is 2.75. The summed E-state index contributed by atoms with van der Waals surface area (Å²) in [6.45, 7) is 2.75. The number of imidazole rings is 1. The zero-order chi connectivity index (χ0) is 14.7. The number of anilines is 1. The van der Waals surface area contributed by atoms with Gasteiger partial charge < -0.3 is 15.5 Å². The second-order valence-corrected chi connectivity index (χ2v) is 5.55. The number of pyridine rings is 1. The molecule has 2 aromatic heterocycles. The van der Waals surface area contributed by atoms with E-state index in [1.54, 1.807) is 6.20 Å². The van der Waals surface area contributed by atoms with Crippen LogP contribution in [0.5, 0.6) is 5.75 Å². The van der Waals surface area contributed by atoms with Gasteiger partial charge in [0, 0.05) is 11.9 Å². The molecule has 1 aromatic carbocycles. The second kappa shape index (κ2) is 6.05. The van der Waals surface area contributed by atoms with Gasteiger partial charge in [-0.2, -0.15) is 0 Å². The van der Waals surface area contributed by atoms with E-state index in [1.807, 2.05) is 30.3 Å². The summed E-state index contributed by atoms with van der Waals surface area (Å²) in [6, 6.07) is 9.41. The lowest BCUT2D eigenvalue weighted by atomic mass is 10.3. The molecule has 3 aromatic rings. The molecule has 108 valence electrons. The molecule has 0 aliphatic rings. The Balaban J connectivity index is 1.87. The number of nitrogens with zero attached hydrogens (tertiary/aromatic N) is 2.